The molecule has 2 nitrogen and oxygen atoms in total. The molecule has 0 radical (unpaired) electrons. The molecule has 20 heavy (non-hydrogen) atoms. The Labute approximate surface area is 118 Å². The molecule has 0 saturated heterocycles. The third-order valence-electron chi connectivity index (χ3n) is 2.80. The van der Waals surface area contributed by atoms with E-state index < -0.39 is 28.9 Å². The molecule has 1 N–H and O–H groups in total. The van der Waals surface area contributed by atoms with Gasteiger partial charge in [0.1, 0.15) is 0 Å². The topological polar surface area (TPSA) is 29.1 Å². The van der Waals surface area contributed by atoms with Gasteiger partial charge in [0, 0.05) is 10.7 Å². The van der Waals surface area contributed by atoms with Crippen molar-refractivity contribution >= 4 is 23.2 Å². The Morgan fingerprint density at radius 1 is 1.10 bits per heavy atom. The van der Waals surface area contributed by atoms with Crippen LogP contribution in [0, 0.1) is 24.4 Å². The zero-order chi connectivity index (χ0) is 14.9. The van der Waals surface area contributed by atoms with E-state index in [1.54, 1.807) is 25.1 Å². The molecular formula is C14H9ClF3NO. The van der Waals surface area contributed by atoms with Gasteiger partial charge in [-0.2, -0.15) is 0 Å². The van der Waals surface area contributed by atoms with Crippen molar-refractivity contribution < 1.29 is 18.0 Å². The minimum Gasteiger partial charge on any atom is -0.322 e. The number of carbonyl (C=O) groups excluding carboxylic acids is 1. The molecule has 0 aliphatic rings. The summed E-state index contributed by atoms with van der Waals surface area (Å²) in [5.74, 6) is -5.44. The summed E-state index contributed by atoms with van der Waals surface area (Å²) in [6, 6.07) is 6.37. The second kappa shape index (κ2) is 5.54. The highest BCUT2D eigenvalue weighted by atomic mass is 35.5. The summed E-state index contributed by atoms with van der Waals surface area (Å²) < 4.78 is 39.4. The lowest BCUT2D eigenvalue weighted by atomic mass is 10.1. The van der Waals surface area contributed by atoms with E-state index in [0.29, 0.717) is 22.3 Å². The number of halogens is 4. The number of amides is 1. The van der Waals surface area contributed by atoms with Crippen LogP contribution in [-0.2, 0) is 0 Å². The Kier molecular flexibility index (Phi) is 3.99. The fraction of sp³-hybridized carbons (Fsp3) is 0.0714. The fourth-order valence-corrected chi connectivity index (χ4v) is 1.81. The van der Waals surface area contributed by atoms with Gasteiger partial charge in [-0.1, -0.05) is 17.7 Å². The predicted octanol–water partition coefficient (Wildman–Crippen LogP) is 4.32. The van der Waals surface area contributed by atoms with Crippen LogP contribution in [0.25, 0.3) is 0 Å². The lowest BCUT2D eigenvalue weighted by molar-refractivity contribution is 0.102. The molecule has 0 aromatic heterocycles. The molecule has 1 amide bonds. The molecular weight excluding hydrogens is 291 g/mol. The van der Waals surface area contributed by atoms with Crippen LogP contribution in [0.15, 0.2) is 30.3 Å². The number of anilines is 1. The number of benzene rings is 2. The molecule has 0 atom stereocenters. The van der Waals surface area contributed by atoms with Gasteiger partial charge in [-0.05, 0) is 36.8 Å². The van der Waals surface area contributed by atoms with Gasteiger partial charge in [-0.25, -0.2) is 13.2 Å². The largest absolute Gasteiger partial charge is 0.322 e. The summed E-state index contributed by atoms with van der Waals surface area (Å²) in [7, 11) is 0. The molecule has 104 valence electrons. The number of hydrogen-bond acceptors (Lipinski definition) is 1. The Balaban J connectivity index is 2.34. The average Bonchev–Trinajstić information content (AvgIpc) is 2.41. The van der Waals surface area contributed by atoms with E-state index in [1.165, 1.54) is 0 Å². The van der Waals surface area contributed by atoms with E-state index in [1.807, 2.05) is 0 Å². The van der Waals surface area contributed by atoms with E-state index >= 15 is 0 Å². The number of nitrogens with one attached hydrogen (secondary N) is 1. The summed E-state index contributed by atoms with van der Waals surface area (Å²) in [5, 5.41) is 2.83. The Hall–Kier alpha value is -2.01. The van der Waals surface area contributed by atoms with Crippen molar-refractivity contribution in [3.05, 3.63) is 63.9 Å². The monoisotopic (exact) mass is 299 g/mol. The highest BCUT2D eigenvalue weighted by Crippen LogP contribution is 2.24. The lowest BCUT2D eigenvalue weighted by Gasteiger charge is -2.10. The first-order chi connectivity index (χ1) is 9.41. The van der Waals surface area contributed by atoms with Crippen LogP contribution in [0.1, 0.15) is 15.9 Å². The Morgan fingerprint density at radius 2 is 1.80 bits per heavy atom. The molecule has 0 aliphatic carbocycles. The van der Waals surface area contributed by atoms with E-state index in [-0.39, 0.29) is 0 Å². The summed E-state index contributed by atoms with van der Waals surface area (Å²) in [5.41, 5.74) is 0.375. The highest BCUT2D eigenvalue weighted by Gasteiger charge is 2.19. The van der Waals surface area contributed by atoms with E-state index in [4.69, 9.17) is 11.6 Å². The number of carbonyl (C=O) groups is 1. The normalized spacial score (nSPS) is 10.4. The molecule has 0 bridgehead atoms. The summed E-state index contributed by atoms with van der Waals surface area (Å²) >= 11 is 5.89. The van der Waals surface area contributed by atoms with Crippen molar-refractivity contribution in [2.45, 2.75) is 6.92 Å². The third kappa shape index (κ3) is 2.63. The average molecular weight is 300 g/mol. The van der Waals surface area contributed by atoms with Crippen molar-refractivity contribution in [2.75, 3.05) is 5.32 Å². The first kappa shape index (κ1) is 14.4. The van der Waals surface area contributed by atoms with Crippen molar-refractivity contribution in [1.29, 1.82) is 0 Å². The molecule has 2 aromatic carbocycles. The SMILES string of the molecule is Cc1c(Cl)cccc1NC(=O)c1ccc(F)c(F)c1F. The maximum Gasteiger partial charge on any atom is 0.258 e. The zero-order valence-electron chi connectivity index (χ0n) is 10.3. The van der Waals surface area contributed by atoms with Gasteiger partial charge < -0.3 is 5.32 Å². The standard InChI is InChI=1S/C14H9ClF3NO/c1-7-9(15)3-2-4-11(7)19-14(20)8-5-6-10(16)13(18)12(8)17/h2-6H,1H3,(H,19,20). The molecule has 0 heterocycles. The van der Waals surface area contributed by atoms with Crippen LogP contribution in [0.5, 0.6) is 0 Å². The van der Waals surface area contributed by atoms with Crippen LogP contribution in [0.4, 0.5) is 18.9 Å². The minimum atomic E-state index is -1.68. The van der Waals surface area contributed by atoms with Crippen LogP contribution in [0.3, 0.4) is 0 Å². The van der Waals surface area contributed by atoms with Crippen LogP contribution in [0.2, 0.25) is 5.02 Å². The third-order valence-corrected chi connectivity index (χ3v) is 3.21. The number of hydrogen-bond donors (Lipinski definition) is 1. The number of rotatable bonds is 2. The fourth-order valence-electron chi connectivity index (χ4n) is 1.63. The van der Waals surface area contributed by atoms with Crippen molar-refractivity contribution in [2.24, 2.45) is 0 Å². The summed E-state index contributed by atoms with van der Waals surface area (Å²) in [4.78, 5) is 11.9. The maximum absolute atomic E-state index is 13.5. The molecule has 0 aliphatic heterocycles. The van der Waals surface area contributed by atoms with Gasteiger partial charge >= 0.3 is 0 Å². The second-order valence-electron chi connectivity index (χ2n) is 4.09. The van der Waals surface area contributed by atoms with Crippen LogP contribution < -0.4 is 5.32 Å². The van der Waals surface area contributed by atoms with Gasteiger partial charge in [-0.3, -0.25) is 4.79 Å². The molecule has 0 fully saturated rings. The summed E-state index contributed by atoms with van der Waals surface area (Å²) in [6.45, 7) is 1.67. The molecule has 0 spiro atoms. The van der Waals surface area contributed by atoms with Crippen LogP contribution in [-0.4, -0.2) is 5.91 Å². The van der Waals surface area contributed by atoms with Gasteiger partial charge in [-0.15, -0.1) is 0 Å². The predicted molar refractivity (Wildman–Crippen MR) is 70.5 cm³/mol. The quantitative estimate of drug-likeness (QED) is 0.822. The lowest BCUT2D eigenvalue weighted by Crippen LogP contribution is -2.15. The maximum atomic E-state index is 13.5. The van der Waals surface area contributed by atoms with E-state index in [9.17, 15) is 18.0 Å². The van der Waals surface area contributed by atoms with Gasteiger partial charge in [0.25, 0.3) is 5.91 Å². The first-order valence-corrected chi connectivity index (χ1v) is 5.99. The molecule has 0 unspecified atom stereocenters. The van der Waals surface area contributed by atoms with Gasteiger partial charge in [0.05, 0.1) is 5.56 Å². The second-order valence-corrected chi connectivity index (χ2v) is 4.50. The van der Waals surface area contributed by atoms with Gasteiger partial charge in [0.2, 0.25) is 0 Å². The molecule has 2 rings (SSSR count). The first-order valence-electron chi connectivity index (χ1n) is 5.61. The van der Waals surface area contributed by atoms with Crippen molar-refractivity contribution in [3.8, 4) is 0 Å². The van der Waals surface area contributed by atoms with E-state index in [0.717, 1.165) is 6.07 Å². The summed E-state index contributed by atoms with van der Waals surface area (Å²) in [6.07, 6.45) is 0. The minimum absolute atomic E-state index is 0.367. The van der Waals surface area contributed by atoms with Crippen molar-refractivity contribution in [1.82, 2.24) is 0 Å². The zero-order valence-corrected chi connectivity index (χ0v) is 11.1. The van der Waals surface area contributed by atoms with Crippen LogP contribution >= 0.6 is 11.6 Å². The Bertz CT molecular complexity index is 688. The molecule has 2 aromatic rings. The molecule has 0 saturated carbocycles. The van der Waals surface area contributed by atoms with Gasteiger partial charge in [0.15, 0.2) is 17.5 Å². The highest BCUT2D eigenvalue weighted by molar-refractivity contribution is 6.31. The van der Waals surface area contributed by atoms with Crippen molar-refractivity contribution in [3.63, 3.8) is 0 Å². The van der Waals surface area contributed by atoms with E-state index in [2.05, 4.69) is 5.32 Å². The Morgan fingerprint density at radius 3 is 2.50 bits per heavy atom. The molecule has 6 heteroatoms. The smallest absolute Gasteiger partial charge is 0.258 e.